The van der Waals surface area contributed by atoms with E-state index in [-0.39, 0.29) is 0 Å². The molecule has 0 aromatic rings. The zero-order valence-electron chi connectivity index (χ0n) is 9.27. The van der Waals surface area contributed by atoms with Crippen LogP contribution >= 0.6 is 0 Å². The summed E-state index contributed by atoms with van der Waals surface area (Å²) in [7, 11) is 0. The Bertz CT molecular complexity index is 159. The van der Waals surface area contributed by atoms with Gasteiger partial charge in [0.15, 0.2) is 6.10 Å². The molecule has 1 unspecified atom stereocenters. The number of unbranched alkanes of at least 4 members (excludes halogenated alkanes) is 1. The van der Waals surface area contributed by atoms with Crippen molar-refractivity contribution in [2.24, 2.45) is 5.92 Å². The second-order valence-electron chi connectivity index (χ2n) is 4.15. The van der Waals surface area contributed by atoms with Gasteiger partial charge in [-0.25, -0.2) is 0 Å². The number of aliphatic hydroxyl groups is 1. The first-order valence-corrected chi connectivity index (χ1v) is 5.29. The molecule has 15 heavy (non-hydrogen) atoms. The summed E-state index contributed by atoms with van der Waals surface area (Å²) in [6.07, 6.45) is -3.81. The Labute approximate surface area is 88.9 Å². The molecule has 2 nitrogen and oxygen atoms in total. The minimum atomic E-state index is -4.51. The van der Waals surface area contributed by atoms with E-state index in [2.05, 4.69) is 19.2 Å². The molecule has 1 atom stereocenters. The zero-order valence-corrected chi connectivity index (χ0v) is 9.27. The van der Waals surface area contributed by atoms with Gasteiger partial charge in [-0.2, -0.15) is 13.2 Å². The van der Waals surface area contributed by atoms with E-state index in [0.29, 0.717) is 12.5 Å². The van der Waals surface area contributed by atoms with Crippen molar-refractivity contribution in [3.8, 4) is 0 Å². The fourth-order valence-electron chi connectivity index (χ4n) is 1.16. The van der Waals surface area contributed by atoms with Gasteiger partial charge in [-0.05, 0) is 18.9 Å². The molecule has 0 heterocycles. The van der Waals surface area contributed by atoms with Crippen LogP contribution in [-0.4, -0.2) is 30.5 Å². The zero-order chi connectivity index (χ0) is 11.9. The summed E-state index contributed by atoms with van der Waals surface area (Å²) in [5, 5.41) is 11.2. The van der Waals surface area contributed by atoms with Crippen molar-refractivity contribution in [2.75, 3.05) is 13.1 Å². The van der Waals surface area contributed by atoms with Gasteiger partial charge in [0.1, 0.15) is 0 Å². The lowest BCUT2D eigenvalue weighted by molar-refractivity contribution is -0.201. The van der Waals surface area contributed by atoms with Gasteiger partial charge < -0.3 is 10.4 Å². The third kappa shape index (κ3) is 8.69. The van der Waals surface area contributed by atoms with Gasteiger partial charge in [0.25, 0.3) is 0 Å². The van der Waals surface area contributed by atoms with Gasteiger partial charge >= 0.3 is 6.18 Å². The van der Waals surface area contributed by atoms with Crippen molar-refractivity contribution < 1.29 is 18.3 Å². The highest BCUT2D eigenvalue weighted by Gasteiger charge is 2.37. The lowest BCUT2D eigenvalue weighted by Gasteiger charge is -2.15. The number of alkyl halides is 3. The van der Waals surface area contributed by atoms with Gasteiger partial charge in [-0.15, -0.1) is 0 Å². The molecule has 0 spiro atoms. The van der Waals surface area contributed by atoms with Gasteiger partial charge in [0.05, 0.1) is 0 Å². The molecule has 0 aliphatic carbocycles. The van der Waals surface area contributed by atoms with E-state index in [0.717, 1.165) is 19.3 Å². The maximum absolute atomic E-state index is 11.8. The minimum Gasteiger partial charge on any atom is -0.382 e. The van der Waals surface area contributed by atoms with E-state index >= 15 is 0 Å². The first-order chi connectivity index (χ1) is 6.84. The summed E-state index contributed by atoms with van der Waals surface area (Å²) < 4.78 is 35.5. The van der Waals surface area contributed by atoms with Crippen molar-refractivity contribution in [1.82, 2.24) is 5.32 Å². The van der Waals surface area contributed by atoms with Gasteiger partial charge in [0, 0.05) is 6.54 Å². The second kappa shape index (κ2) is 7.06. The third-order valence-electron chi connectivity index (χ3n) is 2.10. The molecule has 2 N–H and O–H groups in total. The minimum absolute atomic E-state index is 0.412. The Kier molecular flexibility index (Phi) is 6.92. The van der Waals surface area contributed by atoms with Crippen molar-refractivity contribution in [3.05, 3.63) is 0 Å². The number of hydrogen-bond donors (Lipinski definition) is 2. The van der Waals surface area contributed by atoms with Crippen LogP contribution in [-0.2, 0) is 0 Å². The predicted octanol–water partition coefficient (Wildman–Crippen LogP) is 2.33. The number of nitrogens with one attached hydrogen (secondary N) is 1. The normalized spacial score (nSPS) is 14.6. The van der Waals surface area contributed by atoms with Crippen LogP contribution in [0.15, 0.2) is 0 Å². The van der Waals surface area contributed by atoms with Gasteiger partial charge in [-0.1, -0.05) is 26.7 Å². The molecule has 92 valence electrons. The summed E-state index contributed by atoms with van der Waals surface area (Å²) in [5.41, 5.74) is 0. The lowest BCUT2D eigenvalue weighted by Crippen LogP contribution is -2.38. The fourth-order valence-corrected chi connectivity index (χ4v) is 1.16. The highest BCUT2D eigenvalue weighted by atomic mass is 19.4. The predicted molar refractivity (Wildman–Crippen MR) is 53.6 cm³/mol. The highest BCUT2D eigenvalue weighted by Crippen LogP contribution is 2.19. The van der Waals surface area contributed by atoms with Crippen LogP contribution < -0.4 is 5.32 Å². The number of halogens is 3. The standard InChI is InChI=1S/C10H20F3NO/c1-8(2)5-3-4-6-14-7-9(15)10(11,12)13/h8-9,14-15H,3-7H2,1-2H3. The average Bonchev–Trinajstić information content (AvgIpc) is 2.08. The van der Waals surface area contributed by atoms with E-state index in [1.807, 2.05) is 0 Å². The summed E-state index contributed by atoms with van der Waals surface area (Å²) in [6, 6.07) is 0. The maximum Gasteiger partial charge on any atom is 0.415 e. The molecule has 5 heteroatoms. The van der Waals surface area contributed by atoms with Crippen molar-refractivity contribution in [1.29, 1.82) is 0 Å². The Morgan fingerprint density at radius 3 is 2.27 bits per heavy atom. The quantitative estimate of drug-likeness (QED) is 0.654. The molecular formula is C10H20F3NO. The molecule has 0 aliphatic heterocycles. The highest BCUT2D eigenvalue weighted by molar-refractivity contribution is 4.67. The van der Waals surface area contributed by atoms with Gasteiger partial charge in [0.2, 0.25) is 0 Å². The largest absolute Gasteiger partial charge is 0.415 e. The van der Waals surface area contributed by atoms with E-state index < -0.39 is 18.8 Å². The average molecular weight is 227 g/mol. The van der Waals surface area contributed by atoms with Gasteiger partial charge in [-0.3, -0.25) is 0 Å². The monoisotopic (exact) mass is 227 g/mol. The Hall–Kier alpha value is -0.290. The van der Waals surface area contributed by atoms with Crippen LogP contribution in [0, 0.1) is 5.92 Å². The van der Waals surface area contributed by atoms with Crippen molar-refractivity contribution in [3.63, 3.8) is 0 Å². The molecule has 0 amide bonds. The van der Waals surface area contributed by atoms with Crippen LogP contribution in [0.25, 0.3) is 0 Å². The number of aliphatic hydroxyl groups excluding tert-OH is 1. The molecule has 0 saturated carbocycles. The van der Waals surface area contributed by atoms with E-state index in [9.17, 15) is 13.2 Å². The molecule has 0 aromatic carbocycles. The fraction of sp³-hybridized carbons (Fsp3) is 1.00. The maximum atomic E-state index is 11.8. The van der Waals surface area contributed by atoms with Crippen LogP contribution in [0.3, 0.4) is 0 Å². The smallest absolute Gasteiger partial charge is 0.382 e. The second-order valence-corrected chi connectivity index (χ2v) is 4.15. The first-order valence-electron chi connectivity index (χ1n) is 5.29. The summed E-state index contributed by atoms with van der Waals surface area (Å²) in [5.74, 6) is 0.630. The SMILES string of the molecule is CC(C)CCCCNCC(O)C(F)(F)F. The van der Waals surface area contributed by atoms with Crippen molar-refractivity contribution >= 4 is 0 Å². The van der Waals surface area contributed by atoms with E-state index in [1.54, 1.807) is 0 Å². The lowest BCUT2D eigenvalue weighted by atomic mass is 10.1. The Balaban J connectivity index is 3.32. The van der Waals surface area contributed by atoms with E-state index in [4.69, 9.17) is 5.11 Å². The molecule has 0 aromatic heterocycles. The molecule has 0 bridgehead atoms. The van der Waals surface area contributed by atoms with Crippen molar-refractivity contribution in [2.45, 2.75) is 45.4 Å². The summed E-state index contributed by atoms with van der Waals surface area (Å²) >= 11 is 0. The molecule has 0 rings (SSSR count). The number of hydrogen-bond acceptors (Lipinski definition) is 2. The van der Waals surface area contributed by atoms with E-state index in [1.165, 1.54) is 0 Å². The molecule has 0 saturated heterocycles. The molecular weight excluding hydrogens is 207 g/mol. The third-order valence-corrected chi connectivity index (χ3v) is 2.10. The molecule has 0 fully saturated rings. The number of rotatable bonds is 7. The summed E-state index contributed by atoms with van der Waals surface area (Å²) in [6.45, 7) is 4.34. The Morgan fingerprint density at radius 1 is 1.20 bits per heavy atom. The van der Waals surface area contributed by atoms with Crippen LogP contribution in [0.2, 0.25) is 0 Å². The first kappa shape index (κ1) is 14.7. The summed E-state index contributed by atoms with van der Waals surface area (Å²) in [4.78, 5) is 0. The molecule has 0 radical (unpaired) electrons. The van der Waals surface area contributed by atoms with Crippen LogP contribution in [0.4, 0.5) is 13.2 Å². The Morgan fingerprint density at radius 2 is 1.80 bits per heavy atom. The topological polar surface area (TPSA) is 32.3 Å². The van der Waals surface area contributed by atoms with Crippen LogP contribution in [0.5, 0.6) is 0 Å². The molecule has 0 aliphatic rings. The van der Waals surface area contributed by atoms with Crippen LogP contribution in [0.1, 0.15) is 33.1 Å².